The number of para-hydroxylation sites is 1. The molecule has 2 amide bonds. The van der Waals surface area contributed by atoms with Gasteiger partial charge in [-0.15, -0.1) is 23.1 Å². The molecule has 2 atom stereocenters. The second kappa shape index (κ2) is 11.6. The first-order valence-electron chi connectivity index (χ1n) is 13.3. The fourth-order valence-corrected chi connectivity index (χ4v) is 7.19. The van der Waals surface area contributed by atoms with Gasteiger partial charge in [0.25, 0.3) is 0 Å². The Balaban J connectivity index is 1.52. The quantitative estimate of drug-likeness (QED) is 0.314. The average molecular weight is 577 g/mol. The van der Waals surface area contributed by atoms with Gasteiger partial charge in [0.1, 0.15) is 23.9 Å². The minimum Gasteiger partial charge on any atom is -0.376 e. The van der Waals surface area contributed by atoms with Gasteiger partial charge in [0.2, 0.25) is 11.8 Å². The summed E-state index contributed by atoms with van der Waals surface area (Å²) in [5, 5.41) is 9.47. The zero-order valence-corrected chi connectivity index (χ0v) is 23.6. The number of amides is 2. The average Bonchev–Trinajstić information content (AvgIpc) is 3.72. The van der Waals surface area contributed by atoms with Gasteiger partial charge in [-0.1, -0.05) is 42.5 Å². The number of benzene rings is 2. The summed E-state index contributed by atoms with van der Waals surface area (Å²) < 4.78 is 22.7. The molecule has 2 unspecified atom stereocenters. The van der Waals surface area contributed by atoms with Crippen molar-refractivity contribution < 1.29 is 18.7 Å². The minimum atomic E-state index is -0.505. The van der Waals surface area contributed by atoms with Crippen LogP contribution in [0.3, 0.4) is 0 Å². The summed E-state index contributed by atoms with van der Waals surface area (Å²) in [6.07, 6.45) is 1.87. The molecule has 2 aromatic heterocycles. The van der Waals surface area contributed by atoms with E-state index in [-0.39, 0.29) is 36.0 Å². The van der Waals surface area contributed by atoms with Crippen LogP contribution in [-0.4, -0.2) is 53.1 Å². The van der Waals surface area contributed by atoms with E-state index in [4.69, 9.17) is 9.84 Å². The molecule has 0 saturated carbocycles. The second-order valence-electron chi connectivity index (χ2n) is 9.89. The lowest BCUT2D eigenvalue weighted by molar-refractivity contribution is -0.123. The highest BCUT2D eigenvalue weighted by atomic mass is 32.2. The van der Waals surface area contributed by atoms with Crippen molar-refractivity contribution >= 4 is 40.7 Å². The van der Waals surface area contributed by atoms with Crippen molar-refractivity contribution in [2.45, 2.75) is 31.1 Å². The van der Waals surface area contributed by atoms with Crippen LogP contribution in [-0.2, 0) is 14.3 Å². The fraction of sp³-hybridized carbons (Fsp3) is 0.300. The van der Waals surface area contributed by atoms with Crippen LogP contribution in [0.25, 0.3) is 16.3 Å². The Hall–Kier alpha value is -3.47. The molecule has 0 bridgehead atoms. The Morgan fingerprint density at radius 1 is 1.15 bits per heavy atom. The highest BCUT2D eigenvalue weighted by Gasteiger charge is 2.39. The first-order chi connectivity index (χ1) is 19.5. The van der Waals surface area contributed by atoms with E-state index in [9.17, 15) is 9.59 Å². The van der Waals surface area contributed by atoms with E-state index in [0.29, 0.717) is 30.2 Å². The number of rotatable bonds is 7. The molecule has 0 radical (unpaired) electrons. The number of hydrogen-bond donors (Lipinski definition) is 1. The lowest BCUT2D eigenvalue weighted by atomic mass is 10.0. The normalized spacial score (nSPS) is 18.9. The Labute approximate surface area is 240 Å². The molecular weight excluding hydrogens is 547 g/mol. The summed E-state index contributed by atoms with van der Waals surface area (Å²) in [5.74, 6) is -0.274. The molecule has 2 aliphatic heterocycles. The number of fused-ring (bicyclic) bond motifs is 1. The first-order valence-corrected chi connectivity index (χ1v) is 15.2. The van der Waals surface area contributed by atoms with E-state index in [1.807, 2.05) is 48.7 Å². The molecule has 10 heteroatoms. The molecule has 4 heterocycles. The Morgan fingerprint density at radius 2 is 1.98 bits per heavy atom. The van der Waals surface area contributed by atoms with Crippen molar-refractivity contribution in [1.82, 2.24) is 15.1 Å². The lowest BCUT2D eigenvalue weighted by Gasteiger charge is -2.24. The van der Waals surface area contributed by atoms with Crippen LogP contribution < -0.4 is 10.2 Å². The van der Waals surface area contributed by atoms with Crippen LogP contribution in [0.4, 0.5) is 10.2 Å². The highest BCUT2D eigenvalue weighted by Crippen LogP contribution is 2.49. The topological polar surface area (TPSA) is 76.5 Å². The first kappa shape index (κ1) is 26.7. The van der Waals surface area contributed by atoms with Crippen LogP contribution in [0.5, 0.6) is 0 Å². The predicted molar refractivity (Wildman–Crippen MR) is 157 cm³/mol. The molecular formula is C30H29FN4O3S2. The number of ether oxygens (including phenoxy) is 1. The van der Waals surface area contributed by atoms with Gasteiger partial charge in [-0.2, -0.15) is 5.10 Å². The number of carbonyl (C=O) groups excluding carboxylic acids is 2. The van der Waals surface area contributed by atoms with Crippen LogP contribution in [0.2, 0.25) is 0 Å². The molecule has 2 aliphatic rings. The third-order valence-electron chi connectivity index (χ3n) is 7.23. The largest absolute Gasteiger partial charge is 0.376 e. The van der Waals surface area contributed by atoms with Gasteiger partial charge < -0.3 is 10.1 Å². The molecule has 7 nitrogen and oxygen atoms in total. The molecule has 0 aliphatic carbocycles. The zero-order chi connectivity index (χ0) is 27.6. The van der Waals surface area contributed by atoms with Crippen molar-refractivity contribution in [3.63, 3.8) is 0 Å². The standard InChI is InChI=1S/C30H29FN4O3S2/c1-19-8-2-5-12-23(19)35-30-27(28(33-35)24-13-7-15-39-24)29(21-10-3-4-11-22(21)31)40-18-26(37)34(30)17-25(36)32-16-20-9-6-14-38-20/h2-5,7-8,10-13,15,20,29H,6,9,14,16-18H2,1H3,(H,32,36). The maximum Gasteiger partial charge on any atom is 0.240 e. The van der Waals surface area contributed by atoms with Crippen molar-refractivity contribution in [3.05, 3.63) is 88.6 Å². The third kappa shape index (κ3) is 5.18. The van der Waals surface area contributed by atoms with Crippen LogP contribution >= 0.6 is 23.1 Å². The van der Waals surface area contributed by atoms with Crippen LogP contribution in [0, 0.1) is 12.7 Å². The molecule has 2 aromatic carbocycles. The van der Waals surface area contributed by atoms with Crippen molar-refractivity contribution in [1.29, 1.82) is 0 Å². The van der Waals surface area contributed by atoms with Crippen molar-refractivity contribution in [3.8, 4) is 16.3 Å². The number of nitrogens with one attached hydrogen (secondary N) is 1. The molecule has 4 aromatic rings. The summed E-state index contributed by atoms with van der Waals surface area (Å²) in [6, 6.07) is 18.4. The number of anilines is 1. The van der Waals surface area contributed by atoms with Gasteiger partial charge in [0.15, 0.2) is 0 Å². The van der Waals surface area contributed by atoms with Gasteiger partial charge in [0, 0.05) is 24.3 Å². The SMILES string of the molecule is Cc1ccccc1-n1nc(-c2cccs2)c2c1N(CC(=O)NCC1CCCO1)C(=O)CSC2c1ccccc1F. The predicted octanol–water partition coefficient (Wildman–Crippen LogP) is 5.51. The van der Waals surface area contributed by atoms with Gasteiger partial charge in [0.05, 0.1) is 27.7 Å². The number of nitrogens with zero attached hydrogens (tertiary/aromatic N) is 3. The Morgan fingerprint density at radius 3 is 2.73 bits per heavy atom. The molecule has 206 valence electrons. The van der Waals surface area contributed by atoms with E-state index in [2.05, 4.69) is 5.32 Å². The van der Waals surface area contributed by atoms with E-state index in [0.717, 1.165) is 34.5 Å². The molecule has 0 spiro atoms. The molecule has 40 heavy (non-hydrogen) atoms. The lowest BCUT2D eigenvalue weighted by Crippen LogP contribution is -2.44. The van der Waals surface area contributed by atoms with Gasteiger partial charge in [-0.25, -0.2) is 9.07 Å². The molecule has 1 saturated heterocycles. The summed E-state index contributed by atoms with van der Waals surface area (Å²) in [7, 11) is 0. The van der Waals surface area contributed by atoms with E-state index in [1.165, 1.54) is 34.1 Å². The number of carbonyl (C=O) groups is 2. The Bertz CT molecular complexity index is 1530. The molecule has 1 N–H and O–H groups in total. The second-order valence-corrected chi connectivity index (χ2v) is 11.9. The number of thiophene rings is 1. The van der Waals surface area contributed by atoms with Crippen LogP contribution in [0.15, 0.2) is 66.0 Å². The van der Waals surface area contributed by atoms with E-state index in [1.54, 1.807) is 22.9 Å². The Kier molecular flexibility index (Phi) is 7.73. The van der Waals surface area contributed by atoms with Gasteiger partial charge >= 0.3 is 0 Å². The number of aromatic nitrogens is 2. The number of thioether (sulfide) groups is 1. The maximum absolute atomic E-state index is 15.3. The van der Waals surface area contributed by atoms with E-state index >= 15 is 4.39 Å². The summed E-state index contributed by atoms with van der Waals surface area (Å²) in [4.78, 5) is 29.4. The third-order valence-corrected chi connectivity index (χ3v) is 9.34. The number of hydrogen-bond acceptors (Lipinski definition) is 6. The smallest absolute Gasteiger partial charge is 0.240 e. The fourth-order valence-electron chi connectivity index (χ4n) is 5.25. The maximum atomic E-state index is 15.3. The summed E-state index contributed by atoms with van der Waals surface area (Å²) in [5.41, 5.74) is 3.62. The minimum absolute atomic E-state index is 0.0109. The van der Waals surface area contributed by atoms with Gasteiger partial charge in [-0.3, -0.25) is 14.5 Å². The number of aryl methyl sites for hydroxylation is 1. The molecule has 1 fully saturated rings. The van der Waals surface area contributed by atoms with Crippen LogP contribution in [0.1, 0.15) is 34.8 Å². The summed E-state index contributed by atoms with van der Waals surface area (Å²) in [6.45, 7) is 2.90. The van der Waals surface area contributed by atoms with Crippen molar-refractivity contribution in [2.75, 3.05) is 30.3 Å². The summed E-state index contributed by atoms with van der Waals surface area (Å²) >= 11 is 2.89. The van der Waals surface area contributed by atoms with E-state index < -0.39 is 5.25 Å². The zero-order valence-electron chi connectivity index (χ0n) is 22.0. The number of halogens is 1. The van der Waals surface area contributed by atoms with Crippen molar-refractivity contribution in [2.24, 2.45) is 0 Å². The highest BCUT2D eigenvalue weighted by molar-refractivity contribution is 8.00. The monoisotopic (exact) mass is 576 g/mol. The molecule has 6 rings (SSSR count). The van der Waals surface area contributed by atoms with Gasteiger partial charge in [-0.05, 0) is 48.9 Å².